The summed E-state index contributed by atoms with van der Waals surface area (Å²) < 4.78 is 23.2. The molecule has 1 atom stereocenters. The third-order valence-electron chi connectivity index (χ3n) is 3.80. The van der Waals surface area contributed by atoms with Gasteiger partial charge in [-0.1, -0.05) is 19.1 Å². The van der Waals surface area contributed by atoms with Crippen LogP contribution in [0, 0.1) is 0 Å². The number of likely N-dealkylation sites (tertiary alicyclic amines) is 1. The topological polar surface area (TPSA) is 37.4 Å². The summed E-state index contributed by atoms with van der Waals surface area (Å²) in [5.41, 5.74) is 1.17. The van der Waals surface area contributed by atoms with Gasteiger partial charge in [0.05, 0.1) is 4.90 Å². The molecule has 0 aliphatic carbocycles. The lowest BCUT2D eigenvalue weighted by atomic mass is 9.90. The highest BCUT2D eigenvalue weighted by Crippen LogP contribution is 2.28. The minimum absolute atomic E-state index is 0. The maximum atomic E-state index is 11.6. The van der Waals surface area contributed by atoms with Crippen LogP contribution < -0.4 is 0 Å². The number of hydrogen-bond acceptors (Lipinski definition) is 3. The van der Waals surface area contributed by atoms with E-state index in [1.165, 1.54) is 31.2 Å². The van der Waals surface area contributed by atoms with Gasteiger partial charge >= 0.3 is 0 Å². The van der Waals surface area contributed by atoms with Crippen molar-refractivity contribution in [3.05, 3.63) is 29.8 Å². The Kier molecular flexibility index (Phi) is 6.69. The number of sulfone groups is 1. The zero-order valence-electron chi connectivity index (χ0n) is 12.2. The highest BCUT2D eigenvalue weighted by atomic mass is 79.9. The van der Waals surface area contributed by atoms with Crippen LogP contribution in [0.4, 0.5) is 0 Å². The van der Waals surface area contributed by atoms with Gasteiger partial charge in [-0.05, 0) is 56.0 Å². The molecule has 5 heteroatoms. The van der Waals surface area contributed by atoms with E-state index < -0.39 is 9.84 Å². The lowest BCUT2D eigenvalue weighted by molar-refractivity contribution is 0.208. The van der Waals surface area contributed by atoms with E-state index >= 15 is 0 Å². The summed E-state index contributed by atoms with van der Waals surface area (Å²) >= 11 is 0. The first-order valence-corrected chi connectivity index (χ1v) is 8.92. The van der Waals surface area contributed by atoms with E-state index in [0.717, 1.165) is 19.5 Å². The van der Waals surface area contributed by atoms with Crippen molar-refractivity contribution in [2.45, 2.75) is 37.0 Å². The van der Waals surface area contributed by atoms with E-state index in [2.05, 4.69) is 17.9 Å². The minimum Gasteiger partial charge on any atom is -0.303 e. The van der Waals surface area contributed by atoms with Crippen molar-refractivity contribution in [1.29, 1.82) is 0 Å². The van der Waals surface area contributed by atoms with Crippen LogP contribution in [0.5, 0.6) is 0 Å². The zero-order chi connectivity index (χ0) is 13.9. The molecule has 0 bridgehead atoms. The van der Waals surface area contributed by atoms with E-state index in [-0.39, 0.29) is 17.0 Å². The Morgan fingerprint density at radius 2 is 2.10 bits per heavy atom. The molecule has 114 valence electrons. The van der Waals surface area contributed by atoms with Crippen LogP contribution in [0.25, 0.3) is 0 Å². The Labute approximate surface area is 133 Å². The van der Waals surface area contributed by atoms with Crippen molar-refractivity contribution in [1.82, 2.24) is 4.90 Å². The number of halogens is 1. The zero-order valence-corrected chi connectivity index (χ0v) is 14.7. The van der Waals surface area contributed by atoms with E-state index in [4.69, 9.17) is 0 Å². The van der Waals surface area contributed by atoms with Gasteiger partial charge in [0.15, 0.2) is 9.84 Å². The van der Waals surface area contributed by atoms with Crippen molar-refractivity contribution < 1.29 is 8.42 Å². The van der Waals surface area contributed by atoms with Gasteiger partial charge < -0.3 is 4.90 Å². The SMILES string of the molecule is Br.CCCN1CCC[C@@H](c2cccc(S(C)(=O)=O)c2)C1. The van der Waals surface area contributed by atoms with Gasteiger partial charge in [-0.15, -0.1) is 17.0 Å². The van der Waals surface area contributed by atoms with E-state index in [1.54, 1.807) is 6.07 Å². The summed E-state index contributed by atoms with van der Waals surface area (Å²) in [6, 6.07) is 7.47. The van der Waals surface area contributed by atoms with Gasteiger partial charge in [-0.2, -0.15) is 0 Å². The largest absolute Gasteiger partial charge is 0.303 e. The van der Waals surface area contributed by atoms with Crippen molar-refractivity contribution in [2.75, 3.05) is 25.9 Å². The van der Waals surface area contributed by atoms with Gasteiger partial charge in [0.25, 0.3) is 0 Å². The lowest BCUT2D eigenvalue weighted by Crippen LogP contribution is -2.34. The number of rotatable bonds is 4. The lowest BCUT2D eigenvalue weighted by Gasteiger charge is -2.32. The fraction of sp³-hybridized carbons (Fsp3) is 0.600. The van der Waals surface area contributed by atoms with Crippen molar-refractivity contribution in [2.24, 2.45) is 0 Å². The van der Waals surface area contributed by atoms with Gasteiger partial charge in [-0.25, -0.2) is 8.42 Å². The first-order valence-electron chi connectivity index (χ1n) is 7.03. The maximum absolute atomic E-state index is 11.6. The van der Waals surface area contributed by atoms with Crippen LogP contribution >= 0.6 is 17.0 Å². The van der Waals surface area contributed by atoms with Gasteiger partial charge in [0, 0.05) is 12.8 Å². The van der Waals surface area contributed by atoms with Crippen molar-refractivity contribution in [3.63, 3.8) is 0 Å². The quantitative estimate of drug-likeness (QED) is 0.825. The Hall–Kier alpha value is -0.390. The molecule has 1 aromatic carbocycles. The van der Waals surface area contributed by atoms with Crippen LogP contribution in [-0.4, -0.2) is 39.2 Å². The van der Waals surface area contributed by atoms with Gasteiger partial charge in [0.1, 0.15) is 0 Å². The minimum atomic E-state index is -3.10. The van der Waals surface area contributed by atoms with E-state index in [1.807, 2.05) is 12.1 Å². The smallest absolute Gasteiger partial charge is 0.175 e. The van der Waals surface area contributed by atoms with Crippen LogP contribution in [0.3, 0.4) is 0 Å². The summed E-state index contributed by atoms with van der Waals surface area (Å²) in [6.07, 6.45) is 4.81. The Bertz CT molecular complexity index is 528. The predicted molar refractivity (Wildman–Crippen MR) is 88.6 cm³/mol. The summed E-state index contributed by atoms with van der Waals surface area (Å²) in [5, 5.41) is 0. The molecule has 1 aromatic rings. The molecule has 1 aliphatic heterocycles. The summed E-state index contributed by atoms with van der Waals surface area (Å²) in [7, 11) is -3.10. The van der Waals surface area contributed by atoms with Crippen LogP contribution in [-0.2, 0) is 9.84 Å². The highest BCUT2D eigenvalue weighted by molar-refractivity contribution is 8.93. The molecule has 2 rings (SSSR count). The molecule has 1 aliphatic rings. The Morgan fingerprint density at radius 1 is 1.35 bits per heavy atom. The molecule has 1 heterocycles. The molecule has 1 fully saturated rings. The average Bonchev–Trinajstić information content (AvgIpc) is 2.39. The number of piperidine rings is 1. The molecule has 0 spiro atoms. The van der Waals surface area contributed by atoms with Gasteiger partial charge in [0.2, 0.25) is 0 Å². The monoisotopic (exact) mass is 361 g/mol. The molecule has 0 saturated carbocycles. The first-order chi connectivity index (χ1) is 9.00. The number of nitrogens with zero attached hydrogens (tertiary/aromatic N) is 1. The second-order valence-corrected chi connectivity index (χ2v) is 7.50. The Morgan fingerprint density at radius 3 is 2.75 bits per heavy atom. The standard InChI is InChI=1S/C15H23NO2S.BrH/c1-3-9-16-10-5-7-14(12-16)13-6-4-8-15(11-13)19(2,17)18;/h4,6,8,11,14H,3,5,7,9-10,12H2,1-2H3;1H/t14-;/m1./s1. The summed E-state index contributed by atoms with van der Waals surface area (Å²) in [6.45, 7) is 5.58. The van der Waals surface area contributed by atoms with Crippen LogP contribution in [0.1, 0.15) is 37.7 Å². The third-order valence-corrected chi connectivity index (χ3v) is 4.91. The fourth-order valence-corrected chi connectivity index (χ4v) is 3.52. The molecular formula is C15H24BrNO2S. The Balaban J connectivity index is 0.00000200. The van der Waals surface area contributed by atoms with Gasteiger partial charge in [-0.3, -0.25) is 0 Å². The van der Waals surface area contributed by atoms with Crippen molar-refractivity contribution >= 4 is 26.8 Å². The molecule has 3 nitrogen and oxygen atoms in total. The average molecular weight is 362 g/mol. The summed E-state index contributed by atoms with van der Waals surface area (Å²) in [4.78, 5) is 2.93. The molecular weight excluding hydrogens is 338 g/mol. The number of hydrogen-bond donors (Lipinski definition) is 0. The molecule has 0 amide bonds. The normalized spacial score (nSPS) is 20.4. The molecule has 20 heavy (non-hydrogen) atoms. The van der Waals surface area contributed by atoms with Crippen LogP contribution in [0.15, 0.2) is 29.2 Å². The van der Waals surface area contributed by atoms with E-state index in [9.17, 15) is 8.42 Å². The molecule has 0 aromatic heterocycles. The van der Waals surface area contributed by atoms with E-state index in [0.29, 0.717) is 10.8 Å². The number of benzene rings is 1. The molecule has 0 unspecified atom stereocenters. The second kappa shape index (κ2) is 7.57. The summed E-state index contributed by atoms with van der Waals surface area (Å²) in [5.74, 6) is 0.474. The molecule has 1 saturated heterocycles. The maximum Gasteiger partial charge on any atom is 0.175 e. The van der Waals surface area contributed by atoms with Crippen LogP contribution in [0.2, 0.25) is 0 Å². The molecule has 0 radical (unpaired) electrons. The second-order valence-electron chi connectivity index (χ2n) is 5.48. The predicted octanol–water partition coefficient (Wildman–Crippen LogP) is 3.26. The first kappa shape index (κ1) is 17.7. The highest BCUT2D eigenvalue weighted by Gasteiger charge is 2.21. The molecule has 0 N–H and O–H groups in total. The van der Waals surface area contributed by atoms with Crippen molar-refractivity contribution in [3.8, 4) is 0 Å². The fourth-order valence-electron chi connectivity index (χ4n) is 2.85. The third kappa shape index (κ3) is 4.57.